The van der Waals surface area contributed by atoms with Crippen molar-refractivity contribution in [3.05, 3.63) is 18.0 Å². The van der Waals surface area contributed by atoms with E-state index in [0.717, 1.165) is 32.2 Å². The fourth-order valence-corrected chi connectivity index (χ4v) is 3.48. The van der Waals surface area contributed by atoms with E-state index in [1.165, 1.54) is 30.1 Å². The Balaban J connectivity index is 1.43. The quantitative estimate of drug-likeness (QED) is 0.719. The molecule has 24 heavy (non-hydrogen) atoms. The molecular weight excluding hydrogens is 306 g/mol. The summed E-state index contributed by atoms with van der Waals surface area (Å²) < 4.78 is 1.53. The van der Waals surface area contributed by atoms with Crippen molar-refractivity contribution in [1.82, 2.24) is 25.7 Å². The summed E-state index contributed by atoms with van der Waals surface area (Å²) in [6.07, 6.45) is 11.2. The van der Waals surface area contributed by atoms with Crippen molar-refractivity contribution >= 4 is 11.8 Å². The fourth-order valence-electron chi connectivity index (χ4n) is 3.48. The van der Waals surface area contributed by atoms with E-state index in [1.807, 2.05) is 0 Å². The normalized spacial score (nSPS) is 21.6. The van der Waals surface area contributed by atoms with E-state index in [4.69, 9.17) is 0 Å². The summed E-state index contributed by atoms with van der Waals surface area (Å²) in [5.74, 6) is -0.172. The molecule has 2 aliphatic rings. The Hall–Kier alpha value is -1.89. The Labute approximate surface area is 142 Å². The second-order valence-electron chi connectivity index (χ2n) is 6.83. The molecule has 1 saturated heterocycles. The summed E-state index contributed by atoms with van der Waals surface area (Å²) in [7, 11) is 0. The van der Waals surface area contributed by atoms with Crippen LogP contribution in [0.4, 0.5) is 0 Å². The molecule has 1 saturated carbocycles. The van der Waals surface area contributed by atoms with Gasteiger partial charge in [0.05, 0.1) is 11.8 Å². The first-order valence-corrected chi connectivity index (χ1v) is 9.04. The molecule has 0 bridgehead atoms. The molecular formula is C17H27N5O2. The molecule has 3 N–H and O–H groups in total. The third-order valence-corrected chi connectivity index (χ3v) is 4.84. The monoisotopic (exact) mass is 333 g/mol. The van der Waals surface area contributed by atoms with E-state index in [1.54, 1.807) is 6.20 Å². The second kappa shape index (κ2) is 8.28. The van der Waals surface area contributed by atoms with Crippen LogP contribution in [0.3, 0.4) is 0 Å². The Morgan fingerprint density at radius 3 is 2.79 bits per heavy atom. The highest BCUT2D eigenvalue weighted by Gasteiger charge is 2.18. The van der Waals surface area contributed by atoms with Gasteiger partial charge in [-0.2, -0.15) is 5.10 Å². The summed E-state index contributed by atoms with van der Waals surface area (Å²) >= 11 is 0. The van der Waals surface area contributed by atoms with Gasteiger partial charge in [0.25, 0.3) is 5.91 Å². The van der Waals surface area contributed by atoms with Crippen LogP contribution in [0.1, 0.15) is 55.3 Å². The highest BCUT2D eigenvalue weighted by Crippen LogP contribution is 2.17. The highest BCUT2D eigenvalue weighted by atomic mass is 16.2. The molecule has 2 heterocycles. The average molecular weight is 333 g/mol. The van der Waals surface area contributed by atoms with E-state index in [9.17, 15) is 9.59 Å². The number of carbonyl (C=O) groups is 2. The predicted molar refractivity (Wildman–Crippen MR) is 90.6 cm³/mol. The van der Waals surface area contributed by atoms with Crippen LogP contribution in [-0.2, 0) is 11.3 Å². The number of nitrogens with zero attached hydrogens (tertiary/aromatic N) is 2. The summed E-state index contributed by atoms with van der Waals surface area (Å²) in [6, 6.07) is 0.661. The van der Waals surface area contributed by atoms with Crippen molar-refractivity contribution < 1.29 is 9.59 Å². The molecule has 1 atom stereocenters. The van der Waals surface area contributed by atoms with Gasteiger partial charge >= 0.3 is 0 Å². The highest BCUT2D eigenvalue weighted by molar-refractivity contribution is 5.93. The third kappa shape index (κ3) is 4.80. The van der Waals surface area contributed by atoms with Crippen LogP contribution < -0.4 is 16.0 Å². The molecule has 1 unspecified atom stereocenters. The summed E-state index contributed by atoms with van der Waals surface area (Å²) in [5.41, 5.74) is 0.499. The standard InChI is InChI=1S/C17H27N5O2/c23-16(21-14-5-2-1-3-6-14)12-22-11-13(9-20-22)17(24)19-10-15-7-4-8-18-15/h9,11,14-15,18H,1-8,10,12H2,(H,19,24)(H,21,23). The van der Waals surface area contributed by atoms with Crippen LogP contribution in [0.5, 0.6) is 0 Å². The lowest BCUT2D eigenvalue weighted by Crippen LogP contribution is -2.38. The first-order chi connectivity index (χ1) is 11.7. The third-order valence-electron chi connectivity index (χ3n) is 4.84. The SMILES string of the molecule is O=C(Cn1cc(C(=O)NCC2CCCN2)cn1)NC1CCCCC1. The zero-order valence-electron chi connectivity index (χ0n) is 14.1. The van der Waals surface area contributed by atoms with E-state index < -0.39 is 0 Å². The first kappa shape index (κ1) is 17.0. The van der Waals surface area contributed by atoms with Gasteiger partial charge in [-0.15, -0.1) is 0 Å². The maximum atomic E-state index is 12.1. The maximum Gasteiger partial charge on any atom is 0.254 e. The smallest absolute Gasteiger partial charge is 0.254 e. The Morgan fingerprint density at radius 1 is 1.21 bits per heavy atom. The Kier molecular flexibility index (Phi) is 5.85. The minimum absolute atomic E-state index is 0.0351. The number of hydrogen-bond donors (Lipinski definition) is 3. The molecule has 2 amide bonds. The molecule has 0 aromatic carbocycles. The van der Waals surface area contributed by atoms with Gasteiger partial charge in [-0.3, -0.25) is 14.3 Å². The molecule has 7 heteroatoms. The van der Waals surface area contributed by atoms with Crippen molar-refractivity contribution in [3.8, 4) is 0 Å². The lowest BCUT2D eigenvalue weighted by Gasteiger charge is -2.22. The zero-order valence-corrected chi connectivity index (χ0v) is 14.1. The largest absolute Gasteiger partial charge is 0.352 e. The van der Waals surface area contributed by atoms with E-state index in [0.29, 0.717) is 24.2 Å². The molecule has 2 fully saturated rings. The van der Waals surface area contributed by atoms with Gasteiger partial charge in [0.1, 0.15) is 6.54 Å². The minimum atomic E-state index is -0.136. The molecule has 3 rings (SSSR count). The van der Waals surface area contributed by atoms with Crippen molar-refractivity contribution in [2.24, 2.45) is 0 Å². The number of rotatable bonds is 6. The van der Waals surface area contributed by atoms with Crippen LogP contribution in [-0.4, -0.2) is 46.8 Å². The molecule has 1 aromatic rings. The van der Waals surface area contributed by atoms with Crippen LogP contribution in [0.2, 0.25) is 0 Å². The summed E-state index contributed by atoms with van der Waals surface area (Å²) in [6.45, 7) is 1.81. The first-order valence-electron chi connectivity index (χ1n) is 9.04. The lowest BCUT2D eigenvalue weighted by atomic mass is 9.95. The molecule has 1 aromatic heterocycles. The lowest BCUT2D eigenvalue weighted by molar-refractivity contribution is -0.122. The molecule has 0 spiro atoms. The van der Waals surface area contributed by atoms with E-state index >= 15 is 0 Å². The van der Waals surface area contributed by atoms with Crippen molar-refractivity contribution in [3.63, 3.8) is 0 Å². The van der Waals surface area contributed by atoms with Crippen LogP contribution in [0.25, 0.3) is 0 Å². The maximum absolute atomic E-state index is 12.1. The van der Waals surface area contributed by atoms with Crippen LogP contribution in [0, 0.1) is 0 Å². The average Bonchev–Trinajstić information content (AvgIpc) is 3.25. The molecule has 0 radical (unpaired) electrons. The second-order valence-corrected chi connectivity index (χ2v) is 6.83. The van der Waals surface area contributed by atoms with Gasteiger partial charge in [-0.1, -0.05) is 19.3 Å². The molecule has 7 nitrogen and oxygen atoms in total. The summed E-state index contributed by atoms with van der Waals surface area (Å²) in [5, 5.41) is 13.5. The van der Waals surface area contributed by atoms with Crippen LogP contribution in [0.15, 0.2) is 12.4 Å². The summed E-state index contributed by atoms with van der Waals surface area (Å²) in [4.78, 5) is 24.2. The van der Waals surface area contributed by atoms with Gasteiger partial charge in [0, 0.05) is 24.8 Å². The molecule has 1 aliphatic carbocycles. The predicted octanol–water partition coefficient (Wildman–Crippen LogP) is 0.814. The number of nitrogens with one attached hydrogen (secondary N) is 3. The number of aromatic nitrogens is 2. The Morgan fingerprint density at radius 2 is 2.04 bits per heavy atom. The van der Waals surface area contributed by atoms with Crippen molar-refractivity contribution in [1.29, 1.82) is 0 Å². The van der Waals surface area contributed by atoms with Gasteiger partial charge in [-0.05, 0) is 32.2 Å². The zero-order chi connectivity index (χ0) is 16.8. The fraction of sp³-hybridized carbons (Fsp3) is 0.706. The van der Waals surface area contributed by atoms with Crippen LogP contribution >= 0.6 is 0 Å². The molecule has 1 aliphatic heterocycles. The van der Waals surface area contributed by atoms with Gasteiger partial charge < -0.3 is 16.0 Å². The topological polar surface area (TPSA) is 88.1 Å². The Bertz CT molecular complexity index is 559. The number of hydrogen-bond acceptors (Lipinski definition) is 4. The number of amides is 2. The molecule has 132 valence electrons. The number of carbonyl (C=O) groups excluding carboxylic acids is 2. The van der Waals surface area contributed by atoms with Crippen molar-refractivity contribution in [2.75, 3.05) is 13.1 Å². The van der Waals surface area contributed by atoms with Crippen molar-refractivity contribution in [2.45, 2.75) is 63.6 Å². The minimum Gasteiger partial charge on any atom is -0.352 e. The van der Waals surface area contributed by atoms with Gasteiger partial charge in [-0.25, -0.2) is 0 Å². The van der Waals surface area contributed by atoms with E-state index in [2.05, 4.69) is 21.0 Å². The van der Waals surface area contributed by atoms with Gasteiger partial charge in [0.15, 0.2) is 0 Å². The van der Waals surface area contributed by atoms with Gasteiger partial charge in [0.2, 0.25) is 5.91 Å². The van der Waals surface area contributed by atoms with E-state index in [-0.39, 0.29) is 18.4 Å².